The number of hydrogen-bond donors (Lipinski definition) is 0. The van der Waals surface area contributed by atoms with Crippen molar-refractivity contribution in [1.82, 2.24) is 4.90 Å². The molecule has 0 aromatic heterocycles. The number of halogens is 2. The fourth-order valence-electron chi connectivity index (χ4n) is 1.14. The minimum absolute atomic E-state index is 0.242. The van der Waals surface area contributed by atoms with Gasteiger partial charge in [-0.1, -0.05) is 12.1 Å². The molecule has 0 aliphatic rings. The van der Waals surface area contributed by atoms with E-state index in [1.54, 1.807) is 26.1 Å². The Morgan fingerprint density at radius 3 is 2.71 bits per heavy atom. The van der Waals surface area contributed by atoms with Crippen LogP contribution in [0.3, 0.4) is 0 Å². The molecule has 76 valence electrons. The second kappa shape index (κ2) is 4.42. The summed E-state index contributed by atoms with van der Waals surface area (Å²) >= 11 is 5.26. The molecular formula is C10H11ClFNO. The van der Waals surface area contributed by atoms with Crippen molar-refractivity contribution in [2.45, 2.75) is 13.5 Å². The molecule has 0 aliphatic heterocycles. The second-order valence-corrected chi connectivity index (χ2v) is 3.52. The Morgan fingerprint density at radius 1 is 1.57 bits per heavy atom. The van der Waals surface area contributed by atoms with Crippen molar-refractivity contribution in [2.24, 2.45) is 0 Å². The van der Waals surface area contributed by atoms with Crippen LogP contribution in [0.15, 0.2) is 18.2 Å². The molecule has 1 rings (SSSR count). The van der Waals surface area contributed by atoms with Crippen LogP contribution in [0.25, 0.3) is 0 Å². The van der Waals surface area contributed by atoms with Crippen LogP contribution in [0.1, 0.15) is 11.1 Å². The molecule has 4 heteroatoms. The molecule has 2 nitrogen and oxygen atoms in total. The molecular weight excluding hydrogens is 205 g/mol. The maximum atomic E-state index is 12.9. The van der Waals surface area contributed by atoms with E-state index in [4.69, 9.17) is 11.6 Å². The maximum Gasteiger partial charge on any atom is 0.316 e. The highest BCUT2D eigenvalue weighted by Crippen LogP contribution is 2.11. The quantitative estimate of drug-likeness (QED) is 0.549. The van der Waals surface area contributed by atoms with Gasteiger partial charge in [-0.05, 0) is 35.7 Å². The fourth-order valence-corrected chi connectivity index (χ4v) is 1.20. The third-order valence-electron chi connectivity index (χ3n) is 1.94. The summed E-state index contributed by atoms with van der Waals surface area (Å²) in [5.41, 5.74) is 1.43. The lowest BCUT2D eigenvalue weighted by molar-refractivity contribution is 0.230. The molecule has 0 unspecified atom stereocenters. The average molecular weight is 216 g/mol. The van der Waals surface area contributed by atoms with Crippen molar-refractivity contribution in [3.63, 3.8) is 0 Å². The summed E-state index contributed by atoms with van der Waals surface area (Å²) in [6.45, 7) is 2.07. The van der Waals surface area contributed by atoms with E-state index < -0.39 is 5.37 Å². The Balaban J connectivity index is 2.78. The maximum absolute atomic E-state index is 12.9. The number of rotatable bonds is 2. The highest BCUT2D eigenvalue weighted by atomic mass is 35.5. The summed E-state index contributed by atoms with van der Waals surface area (Å²) in [5, 5.41) is -0.521. The van der Waals surface area contributed by atoms with Gasteiger partial charge in [-0.25, -0.2) is 4.39 Å². The Bertz CT molecular complexity index is 354. The Hall–Kier alpha value is -1.09. The number of amides is 1. The van der Waals surface area contributed by atoms with Crippen molar-refractivity contribution in [3.8, 4) is 0 Å². The van der Waals surface area contributed by atoms with Crippen molar-refractivity contribution in [3.05, 3.63) is 35.1 Å². The van der Waals surface area contributed by atoms with Crippen LogP contribution in [-0.4, -0.2) is 17.3 Å². The highest BCUT2D eigenvalue weighted by Gasteiger charge is 2.06. The van der Waals surface area contributed by atoms with Crippen LogP contribution in [0.5, 0.6) is 0 Å². The standard InChI is InChI=1S/C10H11ClFNO/c1-7-5-8(3-4-9(7)12)6-13(2)10(11)14/h3-5H,6H2,1-2H3. The number of hydrogen-bond acceptors (Lipinski definition) is 1. The molecule has 1 aromatic carbocycles. The van der Waals surface area contributed by atoms with Gasteiger partial charge < -0.3 is 4.90 Å². The van der Waals surface area contributed by atoms with Crippen LogP contribution in [0, 0.1) is 12.7 Å². The SMILES string of the molecule is Cc1cc(CN(C)C(=O)Cl)ccc1F. The van der Waals surface area contributed by atoms with Gasteiger partial charge in [-0.2, -0.15) is 0 Å². The van der Waals surface area contributed by atoms with E-state index in [0.717, 1.165) is 5.56 Å². The molecule has 0 N–H and O–H groups in total. The van der Waals surface area contributed by atoms with E-state index in [1.807, 2.05) is 0 Å². The molecule has 0 spiro atoms. The van der Waals surface area contributed by atoms with Gasteiger partial charge in [-0.3, -0.25) is 4.79 Å². The van der Waals surface area contributed by atoms with Crippen LogP contribution in [0.4, 0.5) is 9.18 Å². The first kappa shape index (κ1) is 11.0. The zero-order valence-corrected chi connectivity index (χ0v) is 8.81. The number of benzene rings is 1. The summed E-state index contributed by atoms with van der Waals surface area (Å²) in [6, 6.07) is 4.72. The van der Waals surface area contributed by atoms with Gasteiger partial charge in [0.15, 0.2) is 0 Å². The number of aryl methyl sites for hydroxylation is 1. The molecule has 0 atom stereocenters. The Kier molecular flexibility index (Phi) is 3.47. The minimum Gasteiger partial charge on any atom is -0.328 e. The van der Waals surface area contributed by atoms with Gasteiger partial charge >= 0.3 is 5.37 Å². The summed E-state index contributed by atoms with van der Waals surface area (Å²) in [7, 11) is 1.59. The lowest BCUT2D eigenvalue weighted by Crippen LogP contribution is -2.20. The zero-order chi connectivity index (χ0) is 10.7. The predicted octanol–water partition coefficient (Wildman–Crippen LogP) is 2.92. The minimum atomic E-state index is -0.521. The van der Waals surface area contributed by atoms with Gasteiger partial charge in [0, 0.05) is 13.6 Å². The molecule has 0 saturated heterocycles. The Morgan fingerprint density at radius 2 is 2.21 bits per heavy atom. The first-order valence-corrected chi connectivity index (χ1v) is 4.54. The van der Waals surface area contributed by atoms with E-state index in [1.165, 1.54) is 11.0 Å². The largest absolute Gasteiger partial charge is 0.328 e. The molecule has 14 heavy (non-hydrogen) atoms. The van der Waals surface area contributed by atoms with Crippen molar-refractivity contribution in [2.75, 3.05) is 7.05 Å². The summed E-state index contributed by atoms with van der Waals surface area (Å²) < 4.78 is 12.9. The predicted molar refractivity (Wildman–Crippen MR) is 53.9 cm³/mol. The monoisotopic (exact) mass is 215 g/mol. The third-order valence-corrected chi connectivity index (χ3v) is 2.23. The zero-order valence-electron chi connectivity index (χ0n) is 8.05. The van der Waals surface area contributed by atoms with Gasteiger partial charge in [0.2, 0.25) is 0 Å². The van der Waals surface area contributed by atoms with Crippen molar-refractivity contribution in [1.29, 1.82) is 0 Å². The van der Waals surface area contributed by atoms with Gasteiger partial charge in [0.25, 0.3) is 0 Å². The van der Waals surface area contributed by atoms with Crippen LogP contribution in [-0.2, 0) is 6.54 Å². The van der Waals surface area contributed by atoms with Gasteiger partial charge in [0.05, 0.1) is 0 Å². The molecule has 0 fully saturated rings. The molecule has 0 bridgehead atoms. The first-order valence-electron chi connectivity index (χ1n) is 4.16. The molecule has 0 heterocycles. The average Bonchev–Trinajstić information content (AvgIpc) is 2.11. The summed E-state index contributed by atoms with van der Waals surface area (Å²) in [4.78, 5) is 12.1. The lowest BCUT2D eigenvalue weighted by Gasteiger charge is -2.13. The van der Waals surface area contributed by atoms with Crippen LogP contribution in [0.2, 0.25) is 0 Å². The van der Waals surface area contributed by atoms with Crippen LogP contribution >= 0.6 is 11.6 Å². The van der Waals surface area contributed by atoms with E-state index >= 15 is 0 Å². The van der Waals surface area contributed by atoms with Gasteiger partial charge in [0.1, 0.15) is 5.82 Å². The molecule has 0 saturated carbocycles. The number of carbonyl (C=O) groups excluding carboxylic acids is 1. The van der Waals surface area contributed by atoms with Gasteiger partial charge in [-0.15, -0.1) is 0 Å². The number of carbonyl (C=O) groups is 1. The highest BCUT2D eigenvalue weighted by molar-refractivity contribution is 6.62. The normalized spacial score (nSPS) is 10.0. The van der Waals surface area contributed by atoms with E-state index in [2.05, 4.69) is 0 Å². The molecule has 1 amide bonds. The first-order chi connectivity index (χ1) is 6.50. The van der Waals surface area contributed by atoms with Crippen molar-refractivity contribution >= 4 is 17.0 Å². The number of nitrogens with zero attached hydrogens (tertiary/aromatic N) is 1. The topological polar surface area (TPSA) is 20.3 Å². The smallest absolute Gasteiger partial charge is 0.316 e. The second-order valence-electron chi connectivity index (χ2n) is 3.19. The summed E-state index contributed by atoms with van der Waals surface area (Å²) in [5.74, 6) is -0.242. The molecule has 1 aromatic rings. The lowest BCUT2D eigenvalue weighted by atomic mass is 10.1. The van der Waals surface area contributed by atoms with E-state index in [0.29, 0.717) is 12.1 Å². The fraction of sp³-hybridized carbons (Fsp3) is 0.300. The van der Waals surface area contributed by atoms with E-state index in [-0.39, 0.29) is 5.82 Å². The van der Waals surface area contributed by atoms with Crippen molar-refractivity contribution < 1.29 is 9.18 Å². The Labute approximate surface area is 87.3 Å². The molecule has 0 radical (unpaired) electrons. The molecule has 0 aliphatic carbocycles. The third kappa shape index (κ3) is 2.70. The summed E-state index contributed by atoms with van der Waals surface area (Å²) in [6.07, 6.45) is 0. The van der Waals surface area contributed by atoms with E-state index in [9.17, 15) is 9.18 Å². The van der Waals surface area contributed by atoms with Crippen LogP contribution < -0.4 is 0 Å².